The van der Waals surface area contributed by atoms with Gasteiger partial charge in [-0.25, -0.2) is 4.79 Å². The molecule has 0 aliphatic carbocycles. The summed E-state index contributed by atoms with van der Waals surface area (Å²) in [4.78, 5) is 30.9. The van der Waals surface area contributed by atoms with Gasteiger partial charge in [-0.1, -0.05) is 23.8 Å². The number of ether oxygens (including phenoxy) is 1. The zero-order valence-electron chi connectivity index (χ0n) is 14.6. The molecule has 25 heavy (non-hydrogen) atoms. The van der Waals surface area contributed by atoms with E-state index in [1.807, 2.05) is 31.2 Å². The van der Waals surface area contributed by atoms with Gasteiger partial charge >= 0.3 is 5.97 Å². The quantitative estimate of drug-likeness (QED) is 0.579. The molecule has 0 N–H and O–H groups in total. The minimum absolute atomic E-state index is 0.115. The van der Waals surface area contributed by atoms with E-state index in [9.17, 15) is 9.59 Å². The lowest BCUT2D eigenvalue weighted by atomic mass is 9.69. The number of ketones is 1. The van der Waals surface area contributed by atoms with Crippen LogP contribution in [0.2, 0.25) is 0 Å². The van der Waals surface area contributed by atoms with Crippen molar-refractivity contribution in [1.82, 2.24) is 4.90 Å². The highest BCUT2D eigenvalue weighted by atomic mass is 16.5. The van der Waals surface area contributed by atoms with Crippen LogP contribution in [-0.2, 0) is 9.53 Å². The van der Waals surface area contributed by atoms with Crippen molar-refractivity contribution in [2.75, 3.05) is 25.1 Å². The summed E-state index contributed by atoms with van der Waals surface area (Å²) in [7, 11) is 1.45. The zero-order valence-corrected chi connectivity index (χ0v) is 14.6. The van der Waals surface area contributed by atoms with E-state index < -0.39 is 11.6 Å². The van der Waals surface area contributed by atoms with Crippen LogP contribution in [0.5, 0.6) is 0 Å². The van der Waals surface area contributed by atoms with Gasteiger partial charge in [-0.05, 0) is 31.9 Å². The van der Waals surface area contributed by atoms with Crippen LogP contribution in [0.15, 0.2) is 35.9 Å². The molecule has 5 nitrogen and oxygen atoms in total. The number of carbonyl (C=O) groups excluding carboxylic acids is 2. The summed E-state index contributed by atoms with van der Waals surface area (Å²) in [6.07, 6.45) is 3.78. The Morgan fingerprint density at radius 3 is 2.92 bits per heavy atom. The molecule has 0 aromatic heterocycles. The van der Waals surface area contributed by atoms with Gasteiger partial charge in [0.2, 0.25) is 0 Å². The minimum atomic E-state index is -0.599. The molecule has 4 aliphatic heterocycles. The van der Waals surface area contributed by atoms with E-state index in [0.29, 0.717) is 0 Å². The molecule has 1 aromatic rings. The topological polar surface area (TPSA) is 49.9 Å². The molecule has 3 saturated heterocycles. The summed E-state index contributed by atoms with van der Waals surface area (Å²) in [5, 5.41) is 0. The molecule has 0 saturated carbocycles. The molecule has 0 amide bonds. The number of para-hydroxylation sites is 1. The van der Waals surface area contributed by atoms with Crippen LogP contribution in [0.4, 0.5) is 5.69 Å². The summed E-state index contributed by atoms with van der Waals surface area (Å²) in [5.41, 5.74) is 2.35. The molecule has 0 unspecified atom stereocenters. The number of piperidine rings is 2. The summed E-state index contributed by atoms with van der Waals surface area (Å²) in [5.74, 6) is 0.0720. The van der Waals surface area contributed by atoms with E-state index in [1.165, 1.54) is 12.7 Å². The number of hydrogen-bond acceptors (Lipinski definition) is 5. The normalized spacial score (nSPS) is 37.2. The van der Waals surface area contributed by atoms with Crippen LogP contribution in [0.1, 0.15) is 30.1 Å². The predicted octanol–water partition coefficient (Wildman–Crippen LogP) is 2.02. The van der Waals surface area contributed by atoms with E-state index in [4.69, 9.17) is 4.74 Å². The Kier molecular flexibility index (Phi) is 2.99. The molecule has 4 atom stereocenters. The number of methoxy groups -OCH3 is 1. The van der Waals surface area contributed by atoms with E-state index in [1.54, 1.807) is 0 Å². The number of esters is 1. The summed E-state index contributed by atoms with van der Waals surface area (Å²) in [6.45, 7) is 3.81. The highest BCUT2D eigenvalue weighted by Crippen LogP contribution is 2.56. The Morgan fingerprint density at radius 2 is 2.16 bits per heavy atom. The van der Waals surface area contributed by atoms with Gasteiger partial charge in [0.15, 0.2) is 5.78 Å². The van der Waals surface area contributed by atoms with E-state index >= 15 is 0 Å². The first kappa shape index (κ1) is 15.1. The lowest BCUT2D eigenvalue weighted by molar-refractivity contribution is -0.145. The van der Waals surface area contributed by atoms with Crippen LogP contribution in [-0.4, -0.2) is 54.5 Å². The lowest BCUT2D eigenvalue weighted by Crippen LogP contribution is -2.71. The Bertz CT molecular complexity index is 817. The highest BCUT2D eigenvalue weighted by molar-refractivity contribution is 6.16. The summed E-state index contributed by atoms with van der Waals surface area (Å²) < 4.78 is 5.20. The fourth-order valence-corrected chi connectivity index (χ4v) is 5.80. The molecule has 0 radical (unpaired) electrons. The standard InChI is InChI=1S/C20H22N2O3/c1-3-12-11-21-9-8-20-16(21)10-14(12)17(19(24)25-2)22(20)15-7-5-4-6-13(15)18(20)23/h3-7,14,16-17H,8-11H2,1-2H3/t14-,16-,17-,20-/m0/s1. The molecule has 1 aromatic carbocycles. The molecule has 2 bridgehead atoms. The maximum absolute atomic E-state index is 13.5. The second-order valence-corrected chi connectivity index (χ2v) is 7.55. The van der Waals surface area contributed by atoms with Crippen molar-refractivity contribution in [2.24, 2.45) is 5.92 Å². The number of carbonyl (C=O) groups is 2. The van der Waals surface area contributed by atoms with Gasteiger partial charge in [0, 0.05) is 36.3 Å². The molecule has 130 valence electrons. The molecule has 4 aliphatic rings. The molecule has 5 rings (SSSR count). The van der Waals surface area contributed by atoms with Gasteiger partial charge in [0.25, 0.3) is 0 Å². The van der Waals surface area contributed by atoms with Crippen molar-refractivity contribution in [1.29, 1.82) is 0 Å². The molecule has 3 fully saturated rings. The van der Waals surface area contributed by atoms with E-state index in [-0.39, 0.29) is 23.7 Å². The predicted molar refractivity (Wildman–Crippen MR) is 93.6 cm³/mol. The van der Waals surface area contributed by atoms with Crippen molar-refractivity contribution in [3.05, 3.63) is 41.5 Å². The number of benzene rings is 1. The number of Topliss-reactive ketones (excluding diaryl/α,β-unsaturated/α-hetero) is 1. The van der Waals surface area contributed by atoms with E-state index in [2.05, 4.69) is 15.9 Å². The SMILES string of the molecule is CC=C1CN2CC[C@]34C(=O)c5ccccc5N3[C@H](C(=O)OC)[C@H]1C[C@H]24. The molecular formula is C20H22N2O3. The van der Waals surface area contributed by atoms with Gasteiger partial charge in [0.05, 0.1) is 7.11 Å². The fraction of sp³-hybridized carbons (Fsp3) is 0.500. The van der Waals surface area contributed by atoms with Gasteiger partial charge in [-0.15, -0.1) is 0 Å². The highest BCUT2D eigenvalue weighted by Gasteiger charge is 2.68. The van der Waals surface area contributed by atoms with Crippen molar-refractivity contribution in [2.45, 2.75) is 37.4 Å². The van der Waals surface area contributed by atoms with E-state index in [0.717, 1.165) is 37.2 Å². The molecule has 1 spiro atoms. The number of hydrogen-bond donors (Lipinski definition) is 0. The average molecular weight is 338 g/mol. The number of anilines is 1. The summed E-state index contributed by atoms with van der Waals surface area (Å²) in [6, 6.07) is 7.52. The van der Waals surface area contributed by atoms with Crippen LogP contribution < -0.4 is 4.90 Å². The first-order chi connectivity index (χ1) is 12.1. The third-order valence-electron chi connectivity index (χ3n) is 6.82. The van der Waals surface area contributed by atoms with Gasteiger partial charge in [0.1, 0.15) is 11.6 Å². The van der Waals surface area contributed by atoms with Gasteiger partial charge in [-0.2, -0.15) is 0 Å². The third kappa shape index (κ3) is 1.62. The Balaban J connectivity index is 1.77. The number of rotatable bonds is 1. The minimum Gasteiger partial charge on any atom is -0.467 e. The average Bonchev–Trinajstić information content (AvgIpc) is 3.16. The second-order valence-electron chi connectivity index (χ2n) is 7.55. The number of allylic oxidation sites excluding steroid dienone is 1. The van der Waals surface area contributed by atoms with Gasteiger partial charge < -0.3 is 9.64 Å². The number of nitrogens with zero attached hydrogens (tertiary/aromatic N) is 2. The van der Waals surface area contributed by atoms with Gasteiger partial charge in [-0.3, -0.25) is 9.69 Å². The van der Waals surface area contributed by atoms with Crippen LogP contribution in [0.25, 0.3) is 0 Å². The smallest absolute Gasteiger partial charge is 0.329 e. The Morgan fingerprint density at radius 1 is 1.36 bits per heavy atom. The van der Waals surface area contributed by atoms with Crippen LogP contribution >= 0.6 is 0 Å². The first-order valence-electron chi connectivity index (χ1n) is 9.03. The van der Waals surface area contributed by atoms with Crippen molar-refractivity contribution >= 4 is 17.4 Å². The maximum atomic E-state index is 13.5. The second kappa shape index (κ2) is 4.94. The lowest BCUT2D eigenvalue weighted by Gasteiger charge is -2.55. The number of fused-ring (bicyclic) bond motifs is 3. The maximum Gasteiger partial charge on any atom is 0.329 e. The Labute approximate surface area is 147 Å². The molecule has 4 heterocycles. The monoisotopic (exact) mass is 338 g/mol. The fourth-order valence-electron chi connectivity index (χ4n) is 5.80. The molecule has 5 heteroatoms. The van der Waals surface area contributed by atoms with Crippen molar-refractivity contribution in [3.63, 3.8) is 0 Å². The van der Waals surface area contributed by atoms with Crippen LogP contribution in [0.3, 0.4) is 0 Å². The van der Waals surface area contributed by atoms with Crippen molar-refractivity contribution in [3.8, 4) is 0 Å². The van der Waals surface area contributed by atoms with Crippen molar-refractivity contribution < 1.29 is 14.3 Å². The third-order valence-corrected chi connectivity index (χ3v) is 6.82. The Hall–Kier alpha value is -2.14. The first-order valence-corrected chi connectivity index (χ1v) is 9.03. The largest absolute Gasteiger partial charge is 0.467 e. The molecular weight excluding hydrogens is 316 g/mol. The van der Waals surface area contributed by atoms with Crippen LogP contribution in [0, 0.1) is 5.92 Å². The zero-order chi connectivity index (χ0) is 17.3. The summed E-state index contributed by atoms with van der Waals surface area (Å²) >= 11 is 0.